The van der Waals surface area contributed by atoms with Gasteiger partial charge in [-0.05, 0) is 75.6 Å². The molecule has 196 valence electrons. The topological polar surface area (TPSA) is 67.4 Å². The third kappa shape index (κ3) is 5.21. The number of hydrogen-bond acceptors (Lipinski definition) is 6. The second-order valence-corrected chi connectivity index (χ2v) is 11.6. The lowest BCUT2D eigenvalue weighted by Gasteiger charge is -2.44. The van der Waals surface area contributed by atoms with Crippen LogP contribution in [0, 0.1) is 5.92 Å². The van der Waals surface area contributed by atoms with Gasteiger partial charge in [-0.3, -0.25) is 14.7 Å². The molecule has 1 saturated carbocycles. The van der Waals surface area contributed by atoms with Crippen LogP contribution in [-0.2, 0) is 0 Å². The van der Waals surface area contributed by atoms with Crippen LogP contribution in [0.3, 0.4) is 0 Å². The molecule has 2 bridgehead atoms. The standard InChI is InChI=1S/C28H32F2N4O2S/c29-24(30)16-36-28-33-25-23-11-8-18(26(25)37-28)15-34(23)14-12-17-6-9-19(10-7-17)32-27(35)21-3-1-5-22-20(21)4-2-13-31-22/h1-5,13,17-19,23-24H,6-12,14-16H2,(H,32,35)/t17?,18-,19?,23-/m1/s1. The van der Waals surface area contributed by atoms with Gasteiger partial charge in [0.05, 0.1) is 17.3 Å². The minimum absolute atomic E-state index is 0.0117. The molecular formula is C28H32F2N4O2S. The van der Waals surface area contributed by atoms with Crippen LogP contribution in [0.15, 0.2) is 36.5 Å². The lowest BCUT2D eigenvalue weighted by Crippen LogP contribution is -2.43. The number of amides is 1. The zero-order valence-corrected chi connectivity index (χ0v) is 21.6. The third-order valence-corrected chi connectivity index (χ3v) is 9.41. The van der Waals surface area contributed by atoms with E-state index in [1.54, 1.807) is 6.20 Å². The number of fused-ring (bicyclic) bond motifs is 3. The molecule has 1 saturated heterocycles. The first-order chi connectivity index (χ1) is 18.0. The third-order valence-electron chi connectivity index (χ3n) is 8.26. The Hall–Kier alpha value is -2.65. The zero-order valence-electron chi connectivity index (χ0n) is 20.7. The van der Waals surface area contributed by atoms with Crippen molar-refractivity contribution in [2.45, 2.75) is 69.4 Å². The van der Waals surface area contributed by atoms with Crippen molar-refractivity contribution in [3.8, 4) is 5.19 Å². The van der Waals surface area contributed by atoms with Crippen molar-refractivity contribution in [1.82, 2.24) is 20.2 Å². The number of nitrogens with zero attached hydrogens (tertiary/aromatic N) is 3. The maximum absolute atomic E-state index is 13.0. The number of rotatable bonds is 8. The van der Waals surface area contributed by atoms with Gasteiger partial charge in [-0.15, -0.1) is 0 Å². The van der Waals surface area contributed by atoms with E-state index in [2.05, 4.69) is 20.2 Å². The molecule has 0 radical (unpaired) electrons. The summed E-state index contributed by atoms with van der Waals surface area (Å²) in [5, 5.41) is 4.55. The van der Waals surface area contributed by atoms with Gasteiger partial charge in [0.25, 0.3) is 17.5 Å². The van der Waals surface area contributed by atoms with Gasteiger partial charge in [0.15, 0.2) is 6.61 Å². The molecule has 2 aliphatic carbocycles. The predicted octanol–water partition coefficient (Wildman–Crippen LogP) is 5.95. The molecule has 3 aromatic rings. The average molecular weight is 527 g/mol. The Balaban J connectivity index is 0.997. The van der Waals surface area contributed by atoms with Crippen molar-refractivity contribution in [3.63, 3.8) is 0 Å². The van der Waals surface area contributed by atoms with Crippen LogP contribution in [0.5, 0.6) is 5.19 Å². The molecule has 0 unspecified atom stereocenters. The molecule has 1 aromatic carbocycles. The van der Waals surface area contributed by atoms with Crippen molar-refractivity contribution in [3.05, 3.63) is 52.7 Å². The number of aromatic nitrogens is 2. The molecule has 4 heterocycles. The lowest BCUT2D eigenvalue weighted by atomic mass is 9.80. The molecule has 7 rings (SSSR count). The van der Waals surface area contributed by atoms with E-state index in [1.807, 2.05) is 30.3 Å². The Bertz CT molecular complexity index is 1250. The Morgan fingerprint density at radius 3 is 2.84 bits per heavy atom. The predicted molar refractivity (Wildman–Crippen MR) is 139 cm³/mol. The van der Waals surface area contributed by atoms with E-state index in [-0.39, 0.29) is 18.0 Å². The number of carbonyl (C=O) groups excluding carboxylic acids is 1. The van der Waals surface area contributed by atoms with E-state index in [0.29, 0.717) is 22.6 Å². The lowest BCUT2D eigenvalue weighted by molar-refractivity contribution is 0.0802. The van der Waals surface area contributed by atoms with Gasteiger partial charge in [0.1, 0.15) is 0 Å². The molecule has 9 heteroatoms. The Morgan fingerprint density at radius 2 is 2.00 bits per heavy atom. The molecule has 2 fully saturated rings. The van der Waals surface area contributed by atoms with Gasteiger partial charge < -0.3 is 10.1 Å². The van der Waals surface area contributed by atoms with E-state index >= 15 is 0 Å². The summed E-state index contributed by atoms with van der Waals surface area (Å²) in [6, 6.07) is 10.0. The highest BCUT2D eigenvalue weighted by atomic mass is 32.1. The molecule has 4 aliphatic rings. The number of hydrogen-bond donors (Lipinski definition) is 1. The SMILES string of the molecule is O=C(NC1CCC(CCN2C[C@H]3CC[C@@H]2c2nc(OCC(F)F)sc23)CC1)c1cccc2ncccc12. The minimum Gasteiger partial charge on any atom is -0.464 e. The summed E-state index contributed by atoms with van der Waals surface area (Å²) in [7, 11) is 0. The summed E-state index contributed by atoms with van der Waals surface area (Å²) in [5.41, 5.74) is 2.59. The highest BCUT2D eigenvalue weighted by Crippen LogP contribution is 2.50. The molecule has 2 atom stereocenters. The van der Waals surface area contributed by atoms with E-state index in [4.69, 9.17) is 4.74 Å². The fraction of sp³-hybridized carbons (Fsp3) is 0.536. The molecule has 2 aliphatic heterocycles. The van der Waals surface area contributed by atoms with Crippen molar-refractivity contribution >= 4 is 28.1 Å². The molecule has 37 heavy (non-hydrogen) atoms. The molecule has 1 amide bonds. The molecule has 0 spiro atoms. The normalized spacial score (nSPS) is 25.4. The molecule has 2 aromatic heterocycles. The van der Waals surface area contributed by atoms with Crippen molar-refractivity contribution in [2.75, 3.05) is 19.7 Å². The number of carbonyl (C=O) groups is 1. The molecular weight excluding hydrogens is 494 g/mol. The summed E-state index contributed by atoms with van der Waals surface area (Å²) < 4.78 is 30.3. The van der Waals surface area contributed by atoms with Crippen LogP contribution >= 0.6 is 11.3 Å². The van der Waals surface area contributed by atoms with Crippen LogP contribution in [0.1, 0.15) is 77.8 Å². The van der Waals surface area contributed by atoms with E-state index in [0.717, 1.165) is 74.6 Å². The highest BCUT2D eigenvalue weighted by molar-refractivity contribution is 7.13. The fourth-order valence-corrected chi connectivity index (χ4v) is 7.48. The summed E-state index contributed by atoms with van der Waals surface area (Å²) in [5.74, 6) is 1.09. The number of alkyl halides is 2. The number of thiazole rings is 1. The summed E-state index contributed by atoms with van der Waals surface area (Å²) in [6.07, 6.45) is 6.90. The summed E-state index contributed by atoms with van der Waals surface area (Å²) >= 11 is 1.46. The van der Waals surface area contributed by atoms with Gasteiger partial charge in [-0.25, -0.2) is 13.8 Å². The average Bonchev–Trinajstić information content (AvgIpc) is 3.38. The largest absolute Gasteiger partial charge is 0.464 e. The van der Waals surface area contributed by atoms with E-state index < -0.39 is 13.0 Å². The van der Waals surface area contributed by atoms with Crippen LogP contribution in [0.25, 0.3) is 10.9 Å². The number of piperidine rings is 1. The van der Waals surface area contributed by atoms with Crippen molar-refractivity contribution in [1.29, 1.82) is 0 Å². The smallest absolute Gasteiger partial charge is 0.273 e. The maximum Gasteiger partial charge on any atom is 0.273 e. The van der Waals surface area contributed by atoms with Gasteiger partial charge in [-0.2, -0.15) is 0 Å². The Kier molecular flexibility index (Phi) is 7.08. The summed E-state index contributed by atoms with van der Waals surface area (Å²) in [6.45, 7) is 1.48. The quantitative estimate of drug-likeness (QED) is 0.393. The minimum atomic E-state index is -2.48. The molecule has 1 N–H and O–H groups in total. The van der Waals surface area contributed by atoms with Crippen LogP contribution < -0.4 is 10.1 Å². The van der Waals surface area contributed by atoms with Gasteiger partial charge in [0.2, 0.25) is 0 Å². The van der Waals surface area contributed by atoms with E-state index in [1.165, 1.54) is 16.2 Å². The first-order valence-corrected chi connectivity index (χ1v) is 14.2. The zero-order chi connectivity index (χ0) is 25.4. The number of halogens is 2. The number of pyridine rings is 1. The maximum atomic E-state index is 13.0. The van der Waals surface area contributed by atoms with Gasteiger partial charge in [-0.1, -0.05) is 23.5 Å². The second kappa shape index (κ2) is 10.6. The number of benzene rings is 1. The van der Waals surface area contributed by atoms with Crippen LogP contribution in [0.2, 0.25) is 0 Å². The van der Waals surface area contributed by atoms with Crippen molar-refractivity contribution in [2.24, 2.45) is 5.92 Å². The fourth-order valence-electron chi connectivity index (χ4n) is 6.37. The van der Waals surface area contributed by atoms with E-state index in [9.17, 15) is 13.6 Å². The molecule has 6 nitrogen and oxygen atoms in total. The number of nitrogens with one attached hydrogen (secondary N) is 1. The monoisotopic (exact) mass is 526 g/mol. The van der Waals surface area contributed by atoms with Crippen molar-refractivity contribution < 1.29 is 18.3 Å². The van der Waals surface area contributed by atoms with Gasteiger partial charge in [0, 0.05) is 40.5 Å². The Morgan fingerprint density at radius 1 is 1.14 bits per heavy atom. The number of ether oxygens (including phenoxy) is 1. The first-order valence-electron chi connectivity index (χ1n) is 13.4. The van der Waals surface area contributed by atoms with Crippen LogP contribution in [0.4, 0.5) is 8.78 Å². The second-order valence-electron chi connectivity index (χ2n) is 10.6. The highest BCUT2D eigenvalue weighted by Gasteiger charge is 2.41. The summed E-state index contributed by atoms with van der Waals surface area (Å²) in [4.78, 5) is 25.8. The van der Waals surface area contributed by atoms with Gasteiger partial charge >= 0.3 is 0 Å². The Labute approximate surface area is 219 Å². The first kappa shape index (κ1) is 24.7. The van der Waals surface area contributed by atoms with Crippen LogP contribution in [-0.4, -0.2) is 52.9 Å².